The van der Waals surface area contributed by atoms with Gasteiger partial charge in [-0.2, -0.15) is 0 Å². The Hall–Kier alpha value is -0.450. The van der Waals surface area contributed by atoms with Crippen molar-refractivity contribution in [3.63, 3.8) is 0 Å². The van der Waals surface area contributed by atoms with E-state index in [1.165, 1.54) is 0 Å². The summed E-state index contributed by atoms with van der Waals surface area (Å²) in [5.74, 6) is -0.277. The van der Waals surface area contributed by atoms with Crippen LogP contribution in [0.2, 0.25) is 0 Å². The van der Waals surface area contributed by atoms with Crippen molar-refractivity contribution in [3.8, 4) is 0 Å². The lowest BCUT2D eigenvalue weighted by atomic mass is 9.67. The molecule has 0 aromatic heterocycles. The number of hydrogen-bond acceptors (Lipinski definition) is 2. The zero-order valence-electron chi connectivity index (χ0n) is 12.4. The Bertz CT molecular complexity index is 479. The highest BCUT2D eigenvalue weighted by molar-refractivity contribution is 9.10. The molecule has 1 aromatic rings. The van der Waals surface area contributed by atoms with E-state index in [0.717, 1.165) is 25.7 Å². The fraction of sp³-hybridized carbons (Fsp3) is 0.625. The van der Waals surface area contributed by atoms with E-state index in [1.54, 1.807) is 19.2 Å². The third-order valence-electron chi connectivity index (χ3n) is 4.74. The SMILES string of the molecule is COC1(C(N)c2cccc(Br)c2F)CCC(C)(C)CC1. The molecule has 1 saturated carbocycles. The summed E-state index contributed by atoms with van der Waals surface area (Å²) >= 11 is 3.22. The van der Waals surface area contributed by atoms with Crippen LogP contribution in [0.4, 0.5) is 4.39 Å². The Kier molecular flexibility index (Phi) is 4.57. The van der Waals surface area contributed by atoms with Gasteiger partial charge in [0.05, 0.1) is 16.1 Å². The Labute approximate surface area is 129 Å². The summed E-state index contributed by atoms with van der Waals surface area (Å²) < 4.78 is 20.5. The molecule has 0 spiro atoms. The van der Waals surface area contributed by atoms with E-state index in [1.807, 2.05) is 6.07 Å². The zero-order valence-corrected chi connectivity index (χ0v) is 14.0. The molecule has 20 heavy (non-hydrogen) atoms. The highest BCUT2D eigenvalue weighted by Gasteiger charge is 2.44. The first-order valence-corrected chi connectivity index (χ1v) is 7.85. The van der Waals surface area contributed by atoms with Gasteiger partial charge in [0.15, 0.2) is 0 Å². The highest BCUT2D eigenvalue weighted by atomic mass is 79.9. The molecule has 1 atom stereocenters. The van der Waals surface area contributed by atoms with E-state index >= 15 is 0 Å². The molecular formula is C16H23BrFNO. The third-order valence-corrected chi connectivity index (χ3v) is 5.35. The monoisotopic (exact) mass is 343 g/mol. The summed E-state index contributed by atoms with van der Waals surface area (Å²) in [6, 6.07) is 4.82. The van der Waals surface area contributed by atoms with Crippen molar-refractivity contribution >= 4 is 15.9 Å². The first-order chi connectivity index (χ1) is 9.31. The van der Waals surface area contributed by atoms with Gasteiger partial charge in [-0.15, -0.1) is 0 Å². The van der Waals surface area contributed by atoms with E-state index in [-0.39, 0.29) is 5.82 Å². The van der Waals surface area contributed by atoms with Gasteiger partial charge in [0.25, 0.3) is 0 Å². The fourth-order valence-electron chi connectivity index (χ4n) is 3.04. The lowest BCUT2D eigenvalue weighted by Crippen LogP contribution is -2.47. The number of benzene rings is 1. The quantitative estimate of drug-likeness (QED) is 0.872. The summed E-state index contributed by atoms with van der Waals surface area (Å²) in [6.07, 6.45) is 3.82. The van der Waals surface area contributed by atoms with Crippen LogP contribution in [-0.2, 0) is 4.74 Å². The first kappa shape index (κ1) is 15.9. The normalized spacial score (nSPS) is 22.5. The average Bonchev–Trinajstić information content (AvgIpc) is 2.42. The molecule has 0 amide bonds. The summed E-state index contributed by atoms with van der Waals surface area (Å²) in [4.78, 5) is 0. The summed E-state index contributed by atoms with van der Waals surface area (Å²) in [5.41, 5.74) is 6.77. The maximum Gasteiger partial charge on any atom is 0.142 e. The van der Waals surface area contributed by atoms with Crippen molar-refractivity contribution in [3.05, 3.63) is 34.1 Å². The molecule has 0 radical (unpaired) electrons. The van der Waals surface area contributed by atoms with Crippen LogP contribution < -0.4 is 5.73 Å². The van der Waals surface area contributed by atoms with Crippen molar-refractivity contribution in [1.29, 1.82) is 0 Å². The van der Waals surface area contributed by atoms with Gasteiger partial charge in [-0.25, -0.2) is 4.39 Å². The largest absolute Gasteiger partial charge is 0.376 e. The lowest BCUT2D eigenvalue weighted by molar-refractivity contribution is -0.0800. The van der Waals surface area contributed by atoms with Crippen LogP contribution >= 0.6 is 15.9 Å². The standard InChI is InChI=1S/C16H23BrFNO/c1-15(2)7-9-16(20-3,10-8-15)14(19)11-5-4-6-12(17)13(11)18/h4-6,14H,7-10,19H2,1-3H3. The topological polar surface area (TPSA) is 35.2 Å². The Morgan fingerprint density at radius 3 is 2.40 bits per heavy atom. The number of halogens is 2. The van der Waals surface area contributed by atoms with E-state index in [0.29, 0.717) is 15.5 Å². The Balaban J connectivity index is 2.30. The predicted molar refractivity (Wildman–Crippen MR) is 83.0 cm³/mol. The second-order valence-corrected chi connectivity index (χ2v) is 7.41. The number of rotatable bonds is 3. The van der Waals surface area contributed by atoms with Gasteiger partial charge in [0.2, 0.25) is 0 Å². The van der Waals surface area contributed by atoms with Gasteiger partial charge in [-0.1, -0.05) is 26.0 Å². The van der Waals surface area contributed by atoms with Gasteiger partial charge >= 0.3 is 0 Å². The maximum atomic E-state index is 14.3. The molecule has 2 N–H and O–H groups in total. The van der Waals surface area contributed by atoms with Crippen LogP contribution in [0.3, 0.4) is 0 Å². The summed E-state index contributed by atoms with van der Waals surface area (Å²) in [7, 11) is 1.69. The second-order valence-electron chi connectivity index (χ2n) is 6.55. The van der Waals surface area contributed by atoms with E-state index < -0.39 is 11.6 Å². The van der Waals surface area contributed by atoms with Gasteiger partial charge < -0.3 is 10.5 Å². The maximum absolute atomic E-state index is 14.3. The molecule has 2 rings (SSSR count). The molecule has 1 aliphatic rings. The molecule has 2 nitrogen and oxygen atoms in total. The predicted octanol–water partition coefficient (Wildman–Crippen LogP) is 4.57. The fourth-order valence-corrected chi connectivity index (χ4v) is 3.42. The van der Waals surface area contributed by atoms with Crippen LogP contribution in [-0.4, -0.2) is 12.7 Å². The summed E-state index contributed by atoms with van der Waals surface area (Å²) in [5, 5.41) is 0. The van der Waals surface area contributed by atoms with Crippen LogP contribution in [0, 0.1) is 11.2 Å². The Morgan fingerprint density at radius 2 is 1.85 bits per heavy atom. The molecule has 0 heterocycles. The van der Waals surface area contributed by atoms with E-state index in [4.69, 9.17) is 10.5 Å². The molecule has 1 aromatic carbocycles. The van der Waals surface area contributed by atoms with Crippen molar-refractivity contribution in [2.75, 3.05) is 7.11 Å². The van der Waals surface area contributed by atoms with Gasteiger partial charge in [0.1, 0.15) is 5.82 Å². The van der Waals surface area contributed by atoms with Crippen molar-refractivity contribution < 1.29 is 9.13 Å². The minimum atomic E-state index is -0.461. The molecule has 0 saturated heterocycles. The molecule has 0 bridgehead atoms. The number of nitrogens with two attached hydrogens (primary N) is 1. The molecule has 1 unspecified atom stereocenters. The molecule has 1 fully saturated rings. The third kappa shape index (κ3) is 2.92. The first-order valence-electron chi connectivity index (χ1n) is 7.06. The minimum absolute atomic E-state index is 0.277. The average molecular weight is 344 g/mol. The van der Waals surface area contributed by atoms with Crippen LogP contribution in [0.1, 0.15) is 51.1 Å². The molecule has 112 valence electrons. The van der Waals surface area contributed by atoms with Gasteiger partial charge in [-0.3, -0.25) is 0 Å². The number of hydrogen-bond donors (Lipinski definition) is 1. The van der Waals surface area contributed by atoms with Crippen LogP contribution in [0.25, 0.3) is 0 Å². The molecule has 1 aliphatic carbocycles. The number of methoxy groups -OCH3 is 1. The van der Waals surface area contributed by atoms with E-state index in [9.17, 15) is 4.39 Å². The van der Waals surface area contributed by atoms with Crippen LogP contribution in [0.5, 0.6) is 0 Å². The smallest absolute Gasteiger partial charge is 0.142 e. The van der Waals surface area contributed by atoms with E-state index in [2.05, 4.69) is 29.8 Å². The number of ether oxygens (including phenoxy) is 1. The molecular weight excluding hydrogens is 321 g/mol. The molecule has 4 heteroatoms. The van der Waals surface area contributed by atoms with Crippen molar-refractivity contribution in [2.45, 2.75) is 51.2 Å². The zero-order chi connectivity index (χ0) is 15.0. The van der Waals surface area contributed by atoms with Crippen molar-refractivity contribution in [2.24, 2.45) is 11.1 Å². The van der Waals surface area contributed by atoms with Crippen molar-refractivity contribution in [1.82, 2.24) is 0 Å². The minimum Gasteiger partial charge on any atom is -0.376 e. The van der Waals surface area contributed by atoms with Gasteiger partial charge in [0, 0.05) is 12.7 Å². The summed E-state index contributed by atoms with van der Waals surface area (Å²) in [6.45, 7) is 4.52. The second kappa shape index (κ2) is 5.74. The van der Waals surface area contributed by atoms with Crippen LogP contribution in [0.15, 0.2) is 22.7 Å². The lowest BCUT2D eigenvalue weighted by Gasteiger charge is -2.46. The Morgan fingerprint density at radius 1 is 1.25 bits per heavy atom. The molecule has 0 aliphatic heterocycles. The highest BCUT2D eigenvalue weighted by Crippen LogP contribution is 2.47. The van der Waals surface area contributed by atoms with Gasteiger partial charge in [-0.05, 0) is 53.1 Å².